The van der Waals surface area contributed by atoms with Gasteiger partial charge in [-0.25, -0.2) is 0 Å². The smallest absolute Gasteiger partial charge is 0.234 e. The topological polar surface area (TPSA) is 75.4 Å². The van der Waals surface area contributed by atoms with Crippen molar-refractivity contribution in [3.8, 4) is 0 Å². The van der Waals surface area contributed by atoms with Crippen LogP contribution in [0.2, 0.25) is 0 Å². The van der Waals surface area contributed by atoms with E-state index in [-0.39, 0.29) is 11.9 Å². The molecule has 1 aliphatic heterocycles. The van der Waals surface area contributed by atoms with E-state index in [2.05, 4.69) is 12.2 Å². The Morgan fingerprint density at radius 3 is 2.50 bits per heavy atom. The van der Waals surface area contributed by atoms with Crippen molar-refractivity contribution in [2.45, 2.75) is 58.0 Å². The zero-order valence-electron chi connectivity index (χ0n) is 12.6. The van der Waals surface area contributed by atoms with Gasteiger partial charge in [0.2, 0.25) is 11.8 Å². The molecule has 3 N–H and O–H groups in total. The lowest BCUT2D eigenvalue weighted by Crippen LogP contribution is -2.55. The summed E-state index contributed by atoms with van der Waals surface area (Å²) in [6.45, 7) is 5.74. The minimum absolute atomic E-state index is 0.250. The summed E-state index contributed by atoms with van der Waals surface area (Å²) in [4.78, 5) is 25.5. The van der Waals surface area contributed by atoms with Crippen molar-refractivity contribution in [3.63, 3.8) is 0 Å². The van der Waals surface area contributed by atoms with E-state index in [1.54, 1.807) is 0 Å². The van der Waals surface area contributed by atoms with Gasteiger partial charge in [-0.2, -0.15) is 0 Å². The van der Waals surface area contributed by atoms with E-state index < -0.39 is 0 Å². The first-order chi connectivity index (χ1) is 9.56. The van der Waals surface area contributed by atoms with Gasteiger partial charge in [0.05, 0.1) is 6.04 Å². The number of piperidine rings is 1. The fourth-order valence-corrected chi connectivity index (χ4v) is 3.11. The van der Waals surface area contributed by atoms with E-state index in [4.69, 9.17) is 5.73 Å². The molecular weight excluding hydrogens is 254 g/mol. The zero-order chi connectivity index (χ0) is 14.7. The van der Waals surface area contributed by atoms with Crippen molar-refractivity contribution < 1.29 is 9.59 Å². The maximum Gasteiger partial charge on any atom is 0.234 e. The van der Waals surface area contributed by atoms with E-state index in [1.165, 1.54) is 0 Å². The van der Waals surface area contributed by atoms with E-state index in [1.807, 2.05) is 11.8 Å². The van der Waals surface area contributed by atoms with Crippen molar-refractivity contribution in [2.24, 2.45) is 17.6 Å². The quantitative estimate of drug-likeness (QED) is 0.759. The highest BCUT2D eigenvalue weighted by atomic mass is 16.2. The van der Waals surface area contributed by atoms with Crippen LogP contribution >= 0.6 is 0 Å². The molecule has 0 aromatic heterocycles. The second kappa shape index (κ2) is 6.57. The molecule has 1 aliphatic carbocycles. The molecule has 0 bridgehead atoms. The number of carbonyl (C=O) groups excluding carboxylic acids is 2. The third-order valence-electron chi connectivity index (χ3n) is 4.66. The highest BCUT2D eigenvalue weighted by Crippen LogP contribution is 2.33. The molecule has 114 valence electrons. The van der Waals surface area contributed by atoms with Gasteiger partial charge in [-0.3, -0.25) is 9.59 Å². The highest BCUT2D eigenvalue weighted by Gasteiger charge is 2.38. The number of nitrogens with two attached hydrogens (primary N) is 1. The summed E-state index contributed by atoms with van der Waals surface area (Å²) in [5.74, 6) is 0.772. The van der Waals surface area contributed by atoms with Gasteiger partial charge in [0.15, 0.2) is 0 Å². The van der Waals surface area contributed by atoms with Gasteiger partial charge in [-0.05, 0) is 31.6 Å². The Hall–Kier alpha value is -1.10. The van der Waals surface area contributed by atoms with Crippen molar-refractivity contribution in [2.75, 3.05) is 13.1 Å². The van der Waals surface area contributed by atoms with Crippen molar-refractivity contribution >= 4 is 11.8 Å². The fourth-order valence-electron chi connectivity index (χ4n) is 3.11. The van der Waals surface area contributed by atoms with Crippen LogP contribution in [-0.4, -0.2) is 41.9 Å². The molecule has 0 unspecified atom stereocenters. The number of hydrogen-bond donors (Lipinski definition) is 2. The Kier molecular flexibility index (Phi) is 5.02. The maximum atomic E-state index is 12.1. The molecule has 0 radical (unpaired) electrons. The number of hydrogen-bond acceptors (Lipinski definition) is 3. The summed E-state index contributed by atoms with van der Waals surface area (Å²) in [5, 5.41) is 3.40. The highest BCUT2D eigenvalue weighted by molar-refractivity contribution is 5.81. The van der Waals surface area contributed by atoms with E-state index in [9.17, 15) is 9.59 Å². The fraction of sp³-hybridized carbons (Fsp3) is 0.867. The van der Waals surface area contributed by atoms with E-state index in [0.29, 0.717) is 30.2 Å². The molecule has 0 aromatic carbocycles. The average molecular weight is 281 g/mol. The zero-order valence-corrected chi connectivity index (χ0v) is 12.6. The van der Waals surface area contributed by atoms with Crippen LogP contribution in [0.1, 0.15) is 46.0 Å². The molecule has 2 fully saturated rings. The standard InChI is InChI=1S/C15H27N3O2/c1-3-10-9-18(15(20)11-5-6-11)8-7-13(10)17-12(4-2)14(16)19/h10-13,17H,3-9H2,1-2H3,(H2,16,19)/t10-,12+,13-/m1/s1. The second-order valence-corrected chi connectivity index (χ2v) is 6.15. The van der Waals surface area contributed by atoms with Gasteiger partial charge in [0.1, 0.15) is 0 Å². The van der Waals surface area contributed by atoms with Crippen molar-refractivity contribution in [3.05, 3.63) is 0 Å². The van der Waals surface area contributed by atoms with Gasteiger partial charge >= 0.3 is 0 Å². The molecule has 2 aliphatic rings. The first kappa shape index (κ1) is 15.3. The van der Waals surface area contributed by atoms with Crippen LogP contribution in [0.3, 0.4) is 0 Å². The number of nitrogens with one attached hydrogen (secondary N) is 1. The molecule has 2 amide bonds. The number of nitrogens with zero attached hydrogens (tertiary/aromatic N) is 1. The molecule has 1 saturated carbocycles. The van der Waals surface area contributed by atoms with Gasteiger partial charge in [0.25, 0.3) is 0 Å². The van der Waals surface area contributed by atoms with Crippen molar-refractivity contribution in [1.29, 1.82) is 0 Å². The predicted molar refractivity (Wildman–Crippen MR) is 77.9 cm³/mol. The molecule has 5 heteroatoms. The summed E-state index contributed by atoms with van der Waals surface area (Å²) < 4.78 is 0. The molecule has 3 atom stereocenters. The largest absolute Gasteiger partial charge is 0.368 e. The summed E-state index contributed by atoms with van der Waals surface area (Å²) in [5.41, 5.74) is 5.41. The number of carbonyl (C=O) groups is 2. The third-order valence-corrected chi connectivity index (χ3v) is 4.66. The van der Waals surface area contributed by atoms with Crippen LogP contribution in [0.25, 0.3) is 0 Å². The summed E-state index contributed by atoms with van der Waals surface area (Å²) in [7, 11) is 0. The molecule has 2 rings (SSSR count). The first-order valence-electron chi connectivity index (χ1n) is 7.90. The van der Waals surface area contributed by atoms with Crippen molar-refractivity contribution in [1.82, 2.24) is 10.2 Å². The van der Waals surface area contributed by atoms with E-state index >= 15 is 0 Å². The van der Waals surface area contributed by atoms with Crippen LogP contribution in [0, 0.1) is 11.8 Å². The lowest BCUT2D eigenvalue weighted by atomic mass is 9.88. The SMILES string of the molecule is CC[C@@H]1CN(C(=O)C2CC2)CC[C@H]1N[C@@H](CC)C(N)=O. The Labute approximate surface area is 121 Å². The Morgan fingerprint density at radius 2 is 2.00 bits per heavy atom. The lowest BCUT2D eigenvalue weighted by molar-refractivity contribution is -0.135. The Morgan fingerprint density at radius 1 is 1.30 bits per heavy atom. The van der Waals surface area contributed by atoms with Crippen LogP contribution in [0.4, 0.5) is 0 Å². The molecule has 20 heavy (non-hydrogen) atoms. The average Bonchev–Trinajstić information content (AvgIpc) is 3.28. The van der Waals surface area contributed by atoms with Gasteiger partial charge < -0.3 is 16.0 Å². The van der Waals surface area contributed by atoms with Crippen LogP contribution in [-0.2, 0) is 9.59 Å². The maximum absolute atomic E-state index is 12.1. The molecule has 1 heterocycles. The molecule has 1 saturated heterocycles. The first-order valence-corrected chi connectivity index (χ1v) is 7.90. The Balaban J connectivity index is 1.92. The molecule has 0 spiro atoms. The molecular formula is C15H27N3O2. The van der Waals surface area contributed by atoms with Crippen LogP contribution in [0.15, 0.2) is 0 Å². The van der Waals surface area contributed by atoms with Gasteiger partial charge in [-0.15, -0.1) is 0 Å². The minimum atomic E-state index is -0.279. The predicted octanol–water partition coefficient (Wildman–Crippen LogP) is 0.877. The third kappa shape index (κ3) is 3.51. The lowest BCUT2D eigenvalue weighted by Gasteiger charge is -2.40. The molecule has 5 nitrogen and oxygen atoms in total. The monoisotopic (exact) mass is 281 g/mol. The minimum Gasteiger partial charge on any atom is -0.368 e. The van der Waals surface area contributed by atoms with Gasteiger partial charge in [0, 0.05) is 25.0 Å². The summed E-state index contributed by atoms with van der Waals surface area (Å²) >= 11 is 0. The number of rotatable bonds is 6. The normalized spacial score (nSPS) is 28.2. The van der Waals surface area contributed by atoms with Crippen LogP contribution < -0.4 is 11.1 Å². The number of amides is 2. The number of likely N-dealkylation sites (tertiary alicyclic amines) is 1. The summed E-state index contributed by atoms with van der Waals surface area (Å²) in [6.07, 6.45) is 4.77. The van der Waals surface area contributed by atoms with Crippen LogP contribution in [0.5, 0.6) is 0 Å². The van der Waals surface area contributed by atoms with Gasteiger partial charge in [-0.1, -0.05) is 20.3 Å². The summed E-state index contributed by atoms with van der Waals surface area (Å²) in [6, 6.07) is 0.0421. The van der Waals surface area contributed by atoms with E-state index in [0.717, 1.165) is 38.8 Å². The number of primary amides is 1. The Bertz CT molecular complexity index is 368. The molecule has 0 aromatic rings. The second-order valence-electron chi connectivity index (χ2n) is 6.15.